The Morgan fingerprint density at radius 2 is 1.62 bits per heavy atom. The van der Waals surface area contributed by atoms with Crippen LogP contribution in [0.15, 0.2) is 0 Å². The van der Waals surface area contributed by atoms with Crippen molar-refractivity contribution >= 4 is 12.0 Å². The first-order chi connectivity index (χ1) is 13.8. The number of carbonyl (C=O) groups excluding carboxylic acids is 2. The topological polar surface area (TPSA) is 70.7 Å². The highest BCUT2D eigenvalue weighted by atomic mass is 16.6. The van der Waals surface area contributed by atoms with Gasteiger partial charge in [-0.3, -0.25) is 4.79 Å². The largest absolute Gasteiger partial charge is 0.444 e. The first kappa shape index (κ1) is 22.4. The van der Waals surface area contributed by atoms with Gasteiger partial charge in [0.2, 0.25) is 5.91 Å². The molecule has 6 nitrogen and oxygen atoms in total. The molecule has 0 radical (unpaired) electrons. The predicted octanol–water partition coefficient (Wildman–Crippen LogP) is 3.70. The van der Waals surface area contributed by atoms with E-state index in [0.29, 0.717) is 24.4 Å². The third-order valence-electron chi connectivity index (χ3n) is 6.92. The molecule has 2 N–H and O–H groups in total. The number of amides is 2. The molecular weight excluding hydrogens is 366 g/mol. The molecule has 6 heteroatoms. The van der Waals surface area contributed by atoms with Gasteiger partial charge >= 0.3 is 6.09 Å². The molecular formula is C23H41N3O3. The molecule has 1 saturated carbocycles. The molecule has 0 unspecified atom stereocenters. The van der Waals surface area contributed by atoms with Crippen molar-refractivity contribution in [1.29, 1.82) is 0 Å². The van der Waals surface area contributed by atoms with Crippen LogP contribution in [0.2, 0.25) is 0 Å². The van der Waals surface area contributed by atoms with Gasteiger partial charge in [0.15, 0.2) is 0 Å². The zero-order valence-corrected chi connectivity index (χ0v) is 18.7. The lowest BCUT2D eigenvalue weighted by atomic mass is 9.81. The number of carbonyl (C=O) groups is 2. The van der Waals surface area contributed by atoms with E-state index in [0.717, 1.165) is 32.2 Å². The fourth-order valence-electron chi connectivity index (χ4n) is 5.36. The van der Waals surface area contributed by atoms with Gasteiger partial charge in [0.05, 0.1) is 0 Å². The Balaban J connectivity index is 1.34. The van der Waals surface area contributed by atoms with Gasteiger partial charge in [-0.2, -0.15) is 0 Å². The number of nitrogens with zero attached hydrogens (tertiary/aromatic N) is 1. The summed E-state index contributed by atoms with van der Waals surface area (Å²) < 4.78 is 5.30. The molecule has 3 aliphatic rings. The van der Waals surface area contributed by atoms with Gasteiger partial charge in [0.1, 0.15) is 5.60 Å². The van der Waals surface area contributed by atoms with Crippen molar-refractivity contribution < 1.29 is 14.3 Å². The van der Waals surface area contributed by atoms with Crippen molar-refractivity contribution in [3.8, 4) is 0 Å². The van der Waals surface area contributed by atoms with Gasteiger partial charge in [-0.15, -0.1) is 0 Å². The highest BCUT2D eigenvalue weighted by Gasteiger charge is 2.34. The highest BCUT2D eigenvalue weighted by Crippen LogP contribution is 2.31. The van der Waals surface area contributed by atoms with Crippen molar-refractivity contribution in [2.24, 2.45) is 17.8 Å². The first-order valence-corrected chi connectivity index (χ1v) is 11.8. The number of alkyl carbamates (subject to hydrolysis) is 1. The smallest absolute Gasteiger partial charge is 0.407 e. The Morgan fingerprint density at radius 3 is 2.34 bits per heavy atom. The molecule has 0 aromatic carbocycles. The van der Waals surface area contributed by atoms with E-state index in [2.05, 4.69) is 15.5 Å². The van der Waals surface area contributed by atoms with Crippen LogP contribution < -0.4 is 10.6 Å². The van der Waals surface area contributed by atoms with Crippen LogP contribution in [0.1, 0.15) is 78.6 Å². The molecule has 2 aliphatic heterocycles. The summed E-state index contributed by atoms with van der Waals surface area (Å²) in [5.74, 6) is 1.46. The first-order valence-electron chi connectivity index (χ1n) is 11.8. The van der Waals surface area contributed by atoms with Crippen LogP contribution in [0.25, 0.3) is 0 Å². The normalized spacial score (nSPS) is 30.9. The molecule has 29 heavy (non-hydrogen) atoms. The van der Waals surface area contributed by atoms with Gasteiger partial charge in [-0.25, -0.2) is 4.79 Å². The Kier molecular flexibility index (Phi) is 7.83. The van der Waals surface area contributed by atoms with Gasteiger partial charge in [0, 0.05) is 25.0 Å². The fraction of sp³-hybridized carbons (Fsp3) is 0.913. The number of hydrogen-bond donors (Lipinski definition) is 2. The standard InChI is InChI=1S/C23H41N3O3/c1-23(2,3)29-22(28)25-15-17-9-11-18(12-10-17)21(27)24-16-19-7-6-14-26-13-5-4-8-20(19)26/h17-20H,4-16H2,1-3H3,(H,24,27)(H,25,28)/t17?,18?,19-,20-/m1/s1. The molecule has 3 fully saturated rings. The number of piperidine rings is 2. The second kappa shape index (κ2) is 10.1. The molecule has 2 heterocycles. The van der Waals surface area contributed by atoms with Crippen LogP contribution in [0.5, 0.6) is 0 Å². The van der Waals surface area contributed by atoms with Gasteiger partial charge in [0.25, 0.3) is 0 Å². The molecule has 166 valence electrons. The minimum atomic E-state index is -0.465. The van der Waals surface area contributed by atoms with E-state index >= 15 is 0 Å². The van der Waals surface area contributed by atoms with E-state index in [1.54, 1.807) is 0 Å². The predicted molar refractivity (Wildman–Crippen MR) is 115 cm³/mol. The number of nitrogens with one attached hydrogen (secondary N) is 2. The van der Waals surface area contributed by atoms with Crippen LogP contribution >= 0.6 is 0 Å². The molecule has 2 amide bonds. The van der Waals surface area contributed by atoms with Crippen LogP contribution in [-0.2, 0) is 9.53 Å². The van der Waals surface area contributed by atoms with E-state index in [4.69, 9.17) is 4.74 Å². The zero-order chi connectivity index (χ0) is 20.9. The maximum absolute atomic E-state index is 12.7. The van der Waals surface area contributed by atoms with E-state index in [9.17, 15) is 9.59 Å². The maximum Gasteiger partial charge on any atom is 0.407 e. The second-order valence-corrected chi connectivity index (χ2v) is 10.3. The Labute approximate surface area is 176 Å². The summed E-state index contributed by atoms with van der Waals surface area (Å²) in [6.07, 6.45) is 9.99. The molecule has 3 rings (SSSR count). The minimum absolute atomic E-state index is 0.138. The molecule has 0 spiro atoms. The number of rotatable bonds is 5. The van der Waals surface area contributed by atoms with Crippen LogP contribution in [0.4, 0.5) is 4.79 Å². The molecule has 1 aliphatic carbocycles. The maximum atomic E-state index is 12.7. The number of ether oxygens (including phenoxy) is 1. The highest BCUT2D eigenvalue weighted by molar-refractivity contribution is 5.78. The average molecular weight is 408 g/mol. The summed E-state index contributed by atoms with van der Waals surface area (Å²) >= 11 is 0. The summed E-state index contributed by atoms with van der Waals surface area (Å²) in [5.41, 5.74) is -0.465. The Bertz CT molecular complexity index is 550. The second-order valence-electron chi connectivity index (χ2n) is 10.3. The van der Waals surface area contributed by atoms with Gasteiger partial charge < -0.3 is 20.3 Å². The third-order valence-corrected chi connectivity index (χ3v) is 6.92. The van der Waals surface area contributed by atoms with E-state index in [1.165, 1.54) is 45.2 Å². The Morgan fingerprint density at radius 1 is 0.897 bits per heavy atom. The number of fused-ring (bicyclic) bond motifs is 1. The van der Waals surface area contributed by atoms with Crippen LogP contribution in [-0.4, -0.2) is 54.7 Å². The SMILES string of the molecule is CC(C)(C)OC(=O)NCC1CCC(C(=O)NC[C@H]2CCCN3CCCC[C@H]23)CC1. The molecule has 0 aromatic rings. The van der Waals surface area contributed by atoms with Gasteiger partial charge in [-0.05, 0) is 97.1 Å². The molecule has 0 aromatic heterocycles. The van der Waals surface area contributed by atoms with E-state index in [-0.39, 0.29) is 17.9 Å². The van der Waals surface area contributed by atoms with Crippen molar-refractivity contribution in [3.63, 3.8) is 0 Å². The lowest BCUT2D eigenvalue weighted by Gasteiger charge is -2.44. The quantitative estimate of drug-likeness (QED) is 0.729. The lowest BCUT2D eigenvalue weighted by molar-refractivity contribution is -0.126. The summed E-state index contributed by atoms with van der Waals surface area (Å²) in [5, 5.41) is 6.17. The summed E-state index contributed by atoms with van der Waals surface area (Å²) in [6, 6.07) is 0.687. The summed E-state index contributed by atoms with van der Waals surface area (Å²) in [6.45, 7) is 9.59. The summed E-state index contributed by atoms with van der Waals surface area (Å²) in [7, 11) is 0. The van der Waals surface area contributed by atoms with Crippen molar-refractivity contribution in [3.05, 3.63) is 0 Å². The fourth-order valence-corrected chi connectivity index (χ4v) is 5.36. The Hall–Kier alpha value is -1.30. The molecule has 2 atom stereocenters. The number of hydrogen-bond acceptors (Lipinski definition) is 4. The van der Waals surface area contributed by atoms with Gasteiger partial charge in [-0.1, -0.05) is 6.42 Å². The van der Waals surface area contributed by atoms with E-state index in [1.807, 2.05) is 20.8 Å². The third kappa shape index (κ3) is 6.87. The summed E-state index contributed by atoms with van der Waals surface area (Å²) in [4.78, 5) is 27.2. The monoisotopic (exact) mass is 407 g/mol. The van der Waals surface area contributed by atoms with Crippen LogP contribution in [0.3, 0.4) is 0 Å². The molecule has 0 bridgehead atoms. The zero-order valence-electron chi connectivity index (χ0n) is 18.7. The molecule has 2 saturated heterocycles. The van der Waals surface area contributed by atoms with Crippen molar-refractivity contribution in [1.82, 2.24) is 15.5 Å². The van der Waals surface area contributed by atoms with E-state index < -0.39 is 5.60 Å². The van der Waals surface area contributed by atoms with Crippen LogP contribution in [0, 0.1) is 17.8 Å². The minimum Gasteiger partial charge on any atom is -0.444 e. The lowest BCUT2D eigenvalue weighted by Crippen LogP contribution is -2.51. The van der Waals surface area contributed by atoms with Crippen molar-refractivity contribution in [2.75, 3.05) is 26.2 Å². The average Bonchev–Trinajstić information content (AvgIpc) is 2.69. The van der Waals surface area contributed by atoms with Crippen molar-refractivity contribution in [2.45, 2.75) is 90.2 Å².